The fourth-order valence-corrected chi connectivity index (χ4v) is 5.21. The molecule has 0 fully saturated rings. The number of aryl methyl sites for hydroxylation is 1. The van der Waals surface area contributed by atoms with Crippen LogP contribution in [0.15, 0.2) is 39.0 Å². The second kappa shape index (κ2) is 6.58. The van der Waals surface area contributed by atoms with Crippen molar-refractivity contribution in [1.29, 1.82) is 0 Å². The van der Waals surface area contributed by atoms with Crippen molar-refractivity contribution in [2.45, 2.75) is 25.0 Å². The van der Waals surface area contributed by atoms with Gasteiger partial charge in [0.15, 0.2) is 0 Å². The predicted octanol–water partition coefficient (Wildman–Crippen LogP) is 3.13. The first-order valence-corrected chi connectivity index (χ1v) is 9.36. The molecule has 2 rings (SSSR count). The lowest BCUT2D eigenvalue weighted by Gasteiger charge is -2.19. The molecule has 2 aromatic rings. The molecular weight excluding hydrogens is 374 g/mol. The number of aliphatic hydroxyl groups is 1. The van der Waals surface area contributed by atoms with Crippen molar-refractivity contribution < 1.29 is 13.5 Å². The lowest BCUT2D eigenvalue weighted by molar-refractivity contribution is 0.282. The fourth-order valence-electron chi connectivity index (χ4n) is 2.05. The maximum absolute atomic E-state index is 12.7. The molecule has 1 aromatic carbocycles. The molecule has 0 aliphatic rings. The van der Waals surface area contributed by atoms with Crippen LogP contribution in [0.4, 0.5) is 0 Å². The first-order chi connectivity index (χ1) is 9.87. The molecule has 0 unspecified atom stereocenters. The SMILES string of the molecule is Cc1csc(CO)c1S(=O)(=O)N(C)Cc1ccccc1Br. The minimum atomic E-state index is -3.62. The molecule has 0 aliphatic carbocycles. The van der Waals surface area contributed by atoms with Gasteiger partial charge in [-0.25, -0.2) is 8.42 Å². The summed E-state index contributed by atoms with van der Waals surface area (Å²) in [4.78, 5) is 0.705. The van der Waals surface area contributed by atoms with Crippen molar-refractivity contribution in [2.24, 2.45) is 0 Å². The van der Waals surface area contributed by atoms with Crippen LogP contribution in [0.3, 0.4) is 0 Å². The van der Waals surface area contributed by atoms with E-state index in [2.05, 4.69) is 15.9 Å². The Kier molecular flexibility index (Phi) is 5.21. The van der Waals surface area contributed by atoms with E-state index in [9.17, 15) is 13.5 Å². The van der Waals surface area contributed by atoms with Gasteiger partial charge in [-0.05, 0) is 29.5 Å². The van der Waals surface area contributed by atoms with Crippen molar-refractivity contribution in [3.63, 3.8) is 0 Å². The van der Waals surface area contributed by atoms with Crippen LogP contribution < -0.4 is 0 Å². The van der Waals surface area contributed by atoms with Crippen molar-refractivity contribution in [3.05, 3.63) is 50.1 Å². The highest BCUT2D eigenvalue weighted by atomic mass is 79.9. The van der Waals surface area contributed by atoms with Crippen LogP contribution in [0.25, 0.3) is 0 Å². The highest BCUT2D eigenvalue weighted by molar-refractivity contribution is 9.10. The van der Waals surface area contributed by atoms with Crippen LogP contribution >= 0.6 is 27.3 Å². The summed E-state index contributed by atoms with van der Waals surface area (Å²) in [5.41, 5.74) is 1.56. The zero-order valence-electron chi connectivity index (χ0n) is 11.7. The third kappa shape index (κ3) is 3.37. The van der Waals surface area contributed by atoms with E-state index in [-0.39, 0.29) is 18.0 Å². The molecule has 0 bridgehead atoms. The number of aliphatic hydroxyl groups excluding tert-OH is 1. The summed E-state index contributed by atoms with van der Waals surface area (Å²) in [6, 6.07) is 7.51. The van der Waals surface area contributed by atoms with E-state index in [4.69, 9.17) is 0 Å². The Morgan fingerprint density at radius 1 is 1.33 bits per heavy atom. The second-order valence-corrected chi connectivity index (χ2v) is 8.48. The standard InChI is InChI=1S/C14H16BrNO3S2/c1-10-9-20-13(8-17)14(10)21(18,19)16(2)7-11-5-3-4-6-12(11)15/h3-6,9,17H,7-8H2,1-2H3. The molecule has 21 heavy (non-hydrogen) atoms. The molecule has 7 heteroatoms. The molecule has 0 aliphatic heterocycles. The lowest BCUT2D eigenvalue weighted by Crippen LogP contribution is -2.27. The van der Waals surface area contributed by atoms with Gasteiger partial charge in [0, 0.05) is 18.1 Å². The average molecular weight is 390 g/mol. The van der Waals surface area contributed by atoms with Crippen molar-refractivity contribution in [2.75, 3.05) is 7.05 Å². The summed E-state index contributed by atoms with van der Waals surface area (Å²) in [5, 5.41) is 11.1. The normalized spacial score (nSPS) is 12.0. The van der Waals surface area contributed by atoms with Gasteiger partial charge in [-0.3, -0.25) is 0 Å². The lowest BCUT2D eigenvalue weighted by atomic mass is 10.2. The molecule has 1 N–H and O–H groups in total. The van der Waals surface area contributed by atoms with Gasteiger partial charge in [0.2, 0.25) is 10.0 Å². The molecule has 0 saturated carbocycles. The van der Waals surface area contributed by atoms with Crippen LogP contribution in [0.2, 0.25) is 0 Å². The van der Waals surface area contributed by atoms with Gasteiger partial charge < -0.3 is 5.11 Å². The Hall–Kier alpha value is -0.730. The van der Waals surface area contributed by atoms with Crippen LogP contribution in [-0.2, 0) is 23.2 Å². The van der Waals surface area contributed by atoms with E-state index < -0.39 is 10.0 Å². The van der Waals surface area contributed by atoms with Crippen LogP contribution in [0.5, 0.6) is 0 Å². The highest BCUT2D eigenvalue weighted by Crippen LogP contribution is 2.30. The summed E-state index contributed by atoms with van der Waals surface area (Å²) in [5.74, 6) is 0. The number of sulfonamides is 1. The largest absolute Gasteiger partial charge is 0.391 e. The topological polar surface area (TPSA) is 57.6 Å². The van der Waals surface area contributed by atoms with E-state index >= 15 is 0 Å². The molecule has 1 heterocycles. The van der Waals surface area contributed by atoms with Gasteiger partial charge >= 0.3 is 0 Å². The minimum absolute atomic E-state index is 0.226. The van der Waals surface area contributed by atoms with Gasteiger partial charge in [-0.1, -0.05) is 34.1 Å². The van der Waals surface area contributed by atoms with Gasteiger partial charge in [-0.2, -0.15) is 4.31 Å². The van der Waals surface area contributed by atoms with Crippen LogP contribution in [-0.4, -0.2) is 24.9 Å². The minimum Gasteiger partial charge on any atom is -0.391 e. The maximum atomic E-state index is 12.7. The van der Waals surface area contributed by atoms with Crippen LogP contribution in [0.1, 0.15) is 16.0 Å². The summed E-state index contributed by atoms with van der Waals surface area (Å²) in [6.45, 7) is 1.74. The smallest absolute Gasteiger partial charge is 0.244 e. The van der Waals surface area contributed by atoms with Crippen molar-refractivity contribution >= 4 is 37.3 Å². The molecule has 0 amide bonds. The Labute approximate surface area is 137 Å². The van der Waals surface area contributed by atoms with E-state index in [1.165, 1.54) is 15.6 Å². The monoisotopic (exact) mass is 389 g/mol. The van der Waals surface area contributed by atoms with Gasteiger partial charge in [0.25, 0.3) is 0 Å². The molecule has 0 saturated heterocycles. The summed E-state index contributed by atoms with van der Waals surface area (Å²) in [6.07, 6.45) is 0. The number of hydrogen-bond acceptors (Lipinski definition) is 4. The zero-order valence-corrected chi connectivity index (χ0v) is 14.9. The summed E-state index contributed by atoms with van der Waals surface area (Å²) in [7, 11) is -2.07. The zero-order chi connectivity index (χ0) is 15.6. The highest BCUT2D eigenvalue weighted by Gasteiger charge is 2.27. The third-order valence-electron chi connectivity index (χ3n) is 3.15. The molecule has 114 valence electrons. The third-order valence-corrected chi connectivity index (χ3v) is 7.18. The number of halogens is 1. The number of hydrogen-bond donors (Lipinski definition) is 1. The molecular formula is C14H16BrNO3S2. The maximum Gasteiger partial charge on any atom is 0.244 e. The Morgan fingerprint density at radius 3 is 2.62 bits per heavy atom. The first kappa shape index (κ1) is 16.6. The van der Waals surface area contributed by atoms with E-state index in [0.717, 1.165) is 10.0 Å². The quantitative estimate of drug-likeness (QED) is 0.854. The Morgan fingerprint density at radius 2 is 2.00 bits per heavy atom. The van der Waals surface area contributed by atoms with E-state index in [1.807, 2.05) is 24.3 Å². The second-order valence-electron chi connectivity index (χ2n) is 4.68. The fraction of sp³-hybridized carbons (Fsp3) is 0.286. The first-order valence-electron chi connectivity index (χ1n) is 6.25. The van der Waals surface area contributed by atoms with Crippen molar-refractivity contribution in [3.8, 4) is 0 Å². The van der Waals surface area contributed by atoms with E-state index in [0.29, 0.717) is 10.4 Å². The molecule has 0 radical (unpaired) electrons. The molecule has 0 atom stereocenters. The molecule has 0 spiro atoms. The number of thiophene rings is 1. The van der Waals surface area contributed by atoms with Gasteiger partial charge in [0.1, 0.15) is 4.90 Å². The number of nitrogens with zero attached hydrogens (tertiary/aromatic N) is 1. The Bertz CT molecular complexity index is 740. The number of benzene rings is 1. The Balaban J connectivity index is 2.35. The van der Waals surface area contributed by atoms with Gasteiger partial charge in [-0.15, -0.1) is 11.3 Å². The average Bonchev–Trinajstić information content (AvgIpc) is 2.83. The number of rotatable bonds is 5. The molecule has 4 nitrogen and oxygen atoms in total. The van der Waals surface area contributed by atoms with E-state index in [1.54, 1.807) is 19.4 Å². The van der Waals surface area contributed by atoms with Crippen molar-refractivity contribution in [1.82, 2.24) is 4.31 Å². The van der Waals surface area contributed by atoms with Gasteiger partial charge in [0.05, 0.1) is 11.5 Å². The summed E-state index contributed by atoms with van der Waals surface area (Å²) >= 11 is 4.69. The molecule has 1 aromatic heterocycles. The summed E-state index contributed by atoms with van der Waals surface area (Å²) < 4.78 is 27.6. The van der Waals surface area contributed by atoms with Crippen LogP contribution in [0, 0.1) is 6.92 Å². The predicted molar refractivity (Wildman–Crippen MR) is 87.8 cm³/mol.